The fraction of sp³-hybridized carbons (Fsp3) is 0.571. The van der Waals surface area contributed by atoms with E-state index in [-0.39, 0.29) is 30.3 Å². The number of rotatable bonds is 5. The van der Waals surface area contributed by atoms with Gasteiger partial charge < -0.3 is 10.1 Å². The summed E-state index contributed by atoms with van der Waals surface area (Å²) in [5.74, 6) is -0.546. The van der Waals surface area contributed by atoms with Crippen LogP contribution in [0.5, 0.6) is 0 Å². The van der Waals surface area contributed by atoms with Crippen LogP contribution in [0.15, 0.2) is 30.7 Å². The molecule has 1 N–H and O–H groups in total. The maximum Gasteiger partial charge on any atom is 0.410 e. The number of fused-ring (bicyclic) bond motifs is 1. The van der Waals surface area contributed by atoms with E-state index in [2.05, 4.69) is 20.3 Å². The van der Waals surface area contributed by atoms with Crippen molar-refractivity contribution in [1.82, 2.24) is 19.7 Å². The first-order valence-electron chi connectivity index (χ1n) is 10.6. The van der Waals surface area contributed by atoms with Crippen molar-refractivity contribution >= 4 is 11.8 Å². The van der Waals surface area contributed by atoms with Crippen molar-refractivity contribution in [3.05, 3.63) is 41.9 Å². The molecular weight excluding hydrogens is 411 g/mol. The summed E-state index contributed by atoms with van der Waals surface area (Å²) >= 11 is 0. The van der Waals surface area contributed by atoms with E-state index in [0.717, 1.165) is 35.8 Å². The molecule has 4 rings (SSSR count). The number of esters is 1. The standard InChI is InChI=1S/C21H26F3N5O2/c1-2-31-20(30)16-11-26-29-18(21(22,23)24)9-17(27-19(16)29)15-6-4-8-28(13-15)12-14-5-3-7-25-10-14/h3,5,7,10-11,15,17-18,27H,2,4,6,8-9,12-13H2,1H3/t15?,17-,18+/m1/s1. The smallest absolute Gasteiger partial charge is 0.410 e. The molecule has 1 fully saturated rings. The molecule has 0 saturated carbocycles. The average Bonchev–Trinajstić information content (AvgIpc) is 3.17. The zero-order valence-electron chi connectivity index (χ0n) is 17.3. The van der Waals surface area contributed by atoms with Gasteiger partial charge in [0.15, 0.2) is 6.04 Å². The molecule has 0 aromatic carbocycles. The lowest BCUT2D eigenvalue weighted by atomic mass is 9.85. The van der Waals surface area contributed by atoms with Gasteiger partial charge in [-0.1, -0.05) is 6.07 Å². The number of nitrogens with zero attached hydrogens (tertiary/aromatic N) is 4. The molecule has 1 unspecified atom stereocenters. The first-order valence-corrected chi connectivity index (χ1v) is 10.6. The third-order valence-electron chi connectivity index (χ3n) is 6.00. The van der Waals surface area contributed by atoms with Gasteiger partial charge in [-0.15, -0.1) is 0 Å². The summed E-state index contributed by atoms with van der Waals surface area (Å²) in [6.07, 6.45) is 1.85. The molecule has 0 radical (unpaired) electrons. The second-order valence-corrected chi connectivity index (χ2v) is 8.11. The van der Waals surface area contributed by atoms with Gasteiger partial charge in [-0.2, -0.15) is 18.3 Å². The maximum absolute atomic E-state index is 13.9. The number of hydrogen-bond acceptors (Lipinski definition) is 6. The number of aromatic nitrogens is 3. The lowest BCUT2D eigenvalue weighted by Crippen LogP contribution is -2.48. The molecular formula is C21H26F3N5O2. The molecule has 2 aromatic rings. The molecule has 2 aliphatic heterocycles. The summed E-state index contributed by atoms with van der Waals surface area (Å²) < 4.78 is 47.5. The van der Waals surface area contributed by atoms with Gasteiger partial charge in [-0.3, -0.25) is 9.88 Å². The Morgan fingerprint density at radius 1 is 1.35 bits per heavy atom. The average molecular weight is 437 g/mol. The van der Waals surface area contributed by atoms with Gasteiger partial charge in [0.2, 0.25) is 0 Å². The first kappa shape index (κ1) is 21.6. The predicted molar refractivity (Wildman–Crippen MR) is 108 cm³/mol. The van der Waals surface area contributed by atoms with Crippen LogP contribution in [0.2, 0.25) is 0 Å². The minimum Gasteiger partial charge on any atom is -0.462 e. The van der Waals surface area contributed by atoms with Crippen molar-refractivity contribution < 1.29 is 22.7 Å². The highest BCUT2D eigenvalue weighted by molar-refractivity contribution is 5.94. The fourth-order valence-corrected chi connectivity index (χ4v) is 4.57. The Morgan fingerprint density at radius 2 is 2.19 bits per heavy atom. The fourth-order valence-electron chi connectivity index (χ4n) is 4.57. The molecule has 4 heterocycles. The van der Waals surface area contributed by atoms with E-state index >= 15 is 0 Å². The second-order valence-electron chi connectivity index (χ2n) is 8.11. The molecule has 0 amide bonds. The van der Waals surface area contributed by atoms with Gasteiger partial charge in [0.05, 0.1) is 12.8 Å². The molecule has 0 spiro atoms. The SMILES string of the molecule is CCOC(=O)c1cnn2c1N[C@@H](C1CCCN(Cc3cccnc3)C1)C[C@H]2C(F)(F)F. The summed E-state index contributed by atoms with van der Waals surface area (Å²) in [6, 6.07) is 1.69. The van der Waals surface area contributed by atoms with E-state index < -0.39 is 24.2 Å². The van der Waals surface area contributed by atoms with Crippen LogP contribution < -0.4 is 5.32 Å². The summed E-state index contributed by atoms with van der Waals surface area (Å²) in [4.78, 5) is 18.7. The van der Waals surface area contributed by atoms with Crippen LogP contribution >= 0.6 is 0 Å². The van der Waals surface area contributed by atoms with Gasteiger partial charge in [0.25, 0.3) is 0 Å². The number of hydrogen-bond donors (Lipinski definition) is 1. The van der Waals surface area contributed by atoms with Gasteiger partial charge in [0.1, 0.15) is 11.4 Å². The van der Waals surface area contributed by atoms with E-state index in [0.29, 0.717) is 13.1 Å². The minimum atomic E-state index is -4.46. The molecule has 2 aromatic heterocycles. The van der Waals surface area contributed by atoms with E-state index in [9.17, 15) is 18.0 Å². The minimum absolute atomic E-state index is 0.0222. The van der Waals surface area contributed by atoms with E-state index in [4.69, 9.17) is 4.74 Å². The highest BCUT2D eigenvalue weighted by Gasteiger charge is 2.48. The normalized spacial score (nSPS) is 24.3. The van der Waals surface area contributed by atoms with Crippen LogP contribution in [0.25, 0.3) is 0 Å². The molecule has 0 aliphatic carbocycles. The monoisotopic (exact) mass is 437 g/mol. The number of likely N-dealkylation sites (tertiary alicyclic amines) is 1. The Hall–Kier alpha value is -2.62. The highest BCUT2D eigenvalue weighted by Crippen LogP contribution is 2.42. The molecule has 168 valence electrons. The Balaban J connectivity index is 1.55. The molecule has 3 atom stereocenters. The molecule has 1 saturated heterocycles. The summed E-state index contributed by atoms with van der Waals surface area (Å²) in [7, 11) is 0. The third kappa shape index (κ3) is 4.68. The number of carbonyl (C=O) groups excluding carboxylic acids is 1. The molecule has 31 heavy (non-hydrogen) atoms. The number of halogens is 3. The van der Waals surface area contributed by atoms with Crippen molar-refractivity contribution in [2.45, 2.75) is 51.0 Å². The van der Waals surface area contributed by atoms with Crippen molar-refractivity contribution in [2.24, 2.45) is 5.92 Å². The third-order valence-corrected chi connectivity index (χ3v) is 6.00. The van der Waals surface area contributed by atoms with E-state index in [1.807, 2.05) is 18.3 Å². The second kappa shape index (κ2) is 8.86. The van der Waals surface area contributed by atoms with Crippen molar-refractivity contribution in [3.63, 3.8) is 0 Å². The molecule has 7 nitrogen and oxygen atoms in total. The Morgan fingerprint density at radius 3 is 2.90 bits per heavy atom. The lowest BCUT2D eigenvalue weighted by molar-refractivity contribution is -0.174. The molecule has 0 bridgehead atoms. The zero-order valence-corrected chi connectivity index (χ0v) is 17.3. The number of nitrogens with one attached hydrogen (secondary N) is 1. The lowest BCUT2D eigenvalue weighted by Gasteiger charge is -2.41. The van der Waals surface area contributed by atoms with Crippen molar-refractivity contribution in [1.29, 1.82) is 0 Å². The molecule has 10 heteroatoms. The van der Waals surface area contributed by atoms with Crippen LogP contribution in [0, 0.1) is 5.92 Å². The summed E-state index contributed by atoms with van der Waals surface area (Å²) in [5, 5.41) is 7.08. The Labute approximate surface area is 178 Å². The number of ether oxygens (including phenoxy) is 1. The number of piperidine rings is 1. The summed E-state index contributed by atoms with van der Waals surface area (Å²) in [5.41, 5.74) is 1.12. The van der Waals surface area contributed by atoms with E-state index in [1.54, 1.807) is 13.1 Å². The number of anilines is 1. The Bertz CT molecular complexity index is 902. The van der Waals surface area contributed by atoms with Gasteiger partial charge in [-0.05, 0) is 50.3 Å². The van der Waals surface area contributed by atoms with Gasteiger partial charge in [-0.25, -0.2) is 9.48 Å². The predicted octanol–water partition coefficient (Wildman–Crippen LogP) is 3.65. The molecule has 2 aliphatic rings. The van der Waals surface area contributed by atoms with Gasteiger partial charge >= 0.3 is 12.1 Å². The largest absolute Gasteiger partial charge is 0.462 e. The van der Waals surface area contributed by atoms with Crippen LogP contribution in [0.3, 0.4) is 0 Å². The zero-order chi connectivity index (χ0) is 22.0. The summed E-state index contributed by atoms with van der Waals surface area (Å²) in [6.45, 7) is 4.08. The topological polar surface area (TPSA) is 72.3 Å². The van der Waals surface area contributed by atoms with Crippen LogP contribution in [0.1, 0.15) is 48.1 Å². The quantitative estimate of drug-likeness (QED) is 0.720. The van der Waals surface area contributed by atoms with Crippen LogP contribution in [0.4, 0.5) is 19.0 Å². The first-order chi connectivity index (χ1) is 14.9. The number of alkyl halides is 3. The van der Waals surface area contributed by atoms with Crippen molar-refractivity contribution in [3.8, 4) is 0 Å². The van der Waals surface area contributed by atoms with Crippen molar-refractivity contribution in [2.75, 3.05) is 25.0 Å². The highest BCUT2D eigenvalue weighted by atomic mass is 19.4. The maximum atomic E-state index is 13.9. The van der Waals surface area contributed by atoms with Crippen LogP contribution in [-0.2, 0) is 11.3 Å². The van der Waals surface area contributed by atoms with E-state index in [1.165, 1.54) is 0 Å². The van der Waals surface area contributed by atoms with Gasteiger partial charge in [0, 0.05) is 31.5 Å². The number of pyridine rings is 1. The number of carbonyl (C=O) groups is 1. The Kier molecular flexibility index (Phi) is 6.17. The van der Waals surface area contributed by atoms with Crippen LogP contribution in [-0.4, -0.2) is 57.5 Å².